The average Bonchev–Trinajstić information content (AvgIpc) is 3.10. The first-order valence-corrected chi connectivity index (χ1v) is 12.7. The first-order valence-electron chi connectivity index (χ1n) is 12.7. The van der Waals surface area contributed by atoms with Gasteiger partial charge >= 0.3 is 12.2 Å². The SMILES string of the molecule is C[C@@H](NC(=O)O)[C@H](CN1C(=O)c2ccccc2C1=O)CC1(CCNC(=O)OCc2ccccc2)CCC1. The van der Waals surface area contributed by atoms with E-state index in [1.54, 1.807) is 31.2 Å². The Morgan fingerprint density at radius 1 is 1.03 bits per heavy atom. The number of ether oxygens (including phenoxy) is 1. The summed E-state index contributed by atoms with van der Waals surface area (Å²) < 4.78 is 5.29. The summed E-state index contributed by atoms with van der Waals surface area (Å²) in [7, 11) is 0. The van der Waals surface area contributed by atoms with Crippen LogP contribution < -0.4 is 10.6 Å². The van der Waals surface area contributed by atoms with Gasteiger partial charge in [0.2, 0.25) is 0 Å². The Morgan fingerprint density at radius 3 is 2.22 bits per heavy atom. The average molecular weight is 508 g/mol. The molecular weight excluding hydrogens is 474 g/mol. The highest BCUT2D eigenvalue weighted by Gasteiger charge is 2.43. The first-order chi connectivity index (χ1) is 17.8. The van der Waals surface area contributed by atoms with Gasteiger partial charge in [0.25, 0.3) is 11.8 Å². The predicted octanol–water partition coefficient (Wildman–Crippen LogP) is 4.43. The first kappa shape index (κ1) is 26.2. The van der Waals surface area contributed by atoms with Gasteiger partial charge < -0.3 is 20.5 Å². The van der Waals surface area contributed by atoms with Crippen LogP contribution >= 0.6 is 0 Å². The van der Waals surface area contributed by atoms with Crippen molar-refractivity contribution in [3.63, 3.8) is 0 Å². The van der Waals surface area contributed by atoms with Crippen molar-refractivity contribution < 1.29 is 29.0 Å². The summed E-state index contributed by atoms with van der Waals surface area (Å²) in [5.74, 6) is -0.971. The molecule has 0 spiro atoms. The molecule has 1 aliphatic heterocycles. The van der Waals surface area contributed by atoms with E-state index in [-0.39, 0.29) is 36.3 Å². The highest BCUT2D eigenvalue weighted by molar-refractivity contribution is 6.21. The second-order valence-corrected chi connectivity index (χ2v) is 10.1. The molecule has 2 aromatic carbocycles. The molecule has 1 saturated carbocycles. The monoisotopic (exact) mass is 507 g/mol. The normalized spacial score (nSPS) is 17.4. The van der Waals surface area contributed by atoms with E-state index >= 15 is 0 Å². The van der Waals surface area contributed by atoms with Crippen LogP contribution in [0, 0.1) is 11.3 Å². The number of benzene rings is 2. The van der Waals surface area contributed by atoms with Crippen LogP contribution in [0.3, 0.4) is 0 Å². The van der Waals surface area contributed by atoms with Gasteiger partial charge in [-0.15, -0.1) is 0 Å². The van der Waals surface area contributed by atoms with E-state index in [2.05, 4.69) is 10.6 Å². The second-order valence-electron chi connectivity index (χ2n) is 10.1. The molecule has 2 atom stereocenters. The van der Waals surface area contributed by atoms with Crippen molar-refractivity contribution in [3.8, 4) is 0 Å². The van der Waals surface area contributed by atoms with Gasteiger partial charge in [0, 0.05) is 19.1 Å². The maximum Gasteiger partial charge on any atom is 0.407 e. The molecule has 37 heavy (non-hydrogen) atoms. The summed E-state index contributed by atoms with van der Waals surface area (Å²) in [6.07, 6.45) is 2.61. The van der Waals surface area contributed by atoms with Crippen molar-refractivity contribution >= 4 is 24.0 Å². The van der Waals surface area contributed by atoms with Crippen LogP contribution in [0.2, 0.25) is 0 Å². The summed E-state index contributed by atoms with van der Waals surface area (Å²) in [6.45, 7) is 2.51. The molecule has 3 N–H and O–H groups in total. The Hall–Kier alpha value is -3.88. The standard InChI is InChI=1S/C28H33N3O6/c1-19(30-26(34)35)21(17-31-24(32)22-10-5-6-11-23(22)25(31)33)16-28(12-7-13-28)14-15-29-27(36)37-18-20-8-3-2-4-9-20/h2-6,8-11,19,21,30H,7,12-18H2,1H3,(H,29,36)(H,34,35)/t19-,21+/m1/s1. The third-order valence-corrected chi connectivity index (χ3v) is 7.60. The molecule has 0 aromatic heterocycles. The molecule has 0 unspecified atom stereocenters. The fourth-order valence-electron chi connectivity index (χ4n) is 5.34. The van der Waals surface area contributed by atoms with Crippen LogP contribution in [0.15, 0.2) is 54.6 Å². The van der Waals surface area contributed by atoms with Crippen LogP contribution in [0.5, 0.6) is 0 Å². The summed E-state index contributed by atoms with van der Waals surface area (Å²) in [5, 5.41) is 14.7. The minimum Gasteiger partial charge on any atom is -0.465 e. The van der Waals surface area contributed by atoms with E-state index in [9.17, 15) is 24.3 Å². The molecule has 2 aliphatic rings. The van der Waals surface area contributed by atoms with Gasteiger partial charge in [-0.05, 0) is 61.6 Å². The molecule has 4 rings (SSSR count). The van der Waals surface area contributed by atoms with Crippen molar-refractivity contribution in [2.24, 2.45) is 11.3 Å². The lowest BCUT2D eigenvalue weighted by atomic mass is 9.61. The Balaban J connectivity index is 1.37. The van der Waals surface area contributed by atoms with Crippen molar-refractivity contribution in [1.29, 1.82) is 0 Å². The quantitative estimate of drug-likeness (QED) is 0.387. The molecule has 0 saturated heterocycles. The molecule has 1 heterocycles. The molecule has 1 fully saturated rings. The third-order valence-electron chi connectivity index (χ3n) is 7.60. The number of alkyl carbamates (subject to hydrolysis) is 1. The topological polar surface area (TPSA) is 125 Å². The third kappa shape index (κ3) is 6.28. The maximum atomic E-state index is 13.0. The minimum atomic E-state index is -1.15. The second kappa shape index (κ2) is 11.5. The number of carbonyl (C=O) groups is 4. The van der Waals surface area contributed by atoms with Crippen molar-refractivity contribution in [2.45, 2.75) is 51.7 Å². The molecular formula is C28H33N3O6. The molecule has 0 radical (unpaired) electrons. The Labute approximate surface area is 216 Å². The number of imide groups is 1. The van der Waals surface area contributed by atoms with E-state index in [0.717, 1.165) is 24.8 Å². The number of hydrogen-bond acceptors (Lipinski definition) is 5. The zero-order valence-corrected chi connectivity index (χ0v) is 20.9. The van der Waals surface area contributed by atoms with E-state index in [1.165, 1.54) is 4.90 Å². The number of rotatable bonds is 11. The molecule has 0 bridgehead atoms. The van der Waals surface area contributed by atoms with E-state index < -0.39 is 18.2 Å². The van der Waals surface area contributed by atoms with Gasteiger partial charge in [-0.25, -0.2) is 9.59 Å². The number of nitrogens with one attached hydrogen (secondary N) is 2. The lowest BCUT2D eigenvalue weighted by molar-refractivity contribution is 0.0461. The van der Waals surface area contributed by atoms with E-state index in [4.69, 9.17) is 4.74 Å². The van der Waals surface area contributed by atoms with Crippen LogP contribution in [-0.4, -0.2) is 53.1 Å². The molecule has 9 nitrogen and oxygen atoms in total. The number of amides is 4. The predicted molar refractivity (Wildman–Crippen MR) is 136 cm³/mol. The summed E-state index contributed by atoms with van der Waals surface area (Å²) in [4.78, 5) is 50.7. The van der Waals surface area contributed by atoms with Crippen molar-refractivity contribution in [1.82, 2.24) is 15.5 Å². The Morgan fingerprint density at radius 2 is 1.65 bits per heavy atom. The molecule has 1 aliphatic carbocycles. The molecule has 2 aromatic rings. The summed E-state index contributed by atoms with van der Waals surface area (Å²) in [5.41, 5.74) is 1.55. The summed E-state index contributed by atoms with van der Waals surface area (Å²) in [6, 6.07) is 15.7. The zero-order chi connectivity index (χ0) is 26.4. The maximum absolute atomic E-state index is 13.0. The Bertz CT molecular complexity index is 1110. The van der Waals surface area contributed by atoms with Gasteiger partial charge in [-0.2, -0.15) is 0 Å². The van der Waals surface area contributed by atoms with Gasteiger partial charge in [0.15, 0.2) is 0 Å². The zero-order valence-electron chi connectivity index (χ0n) is 20.9. The smallest absolute Gasteiger partial charge is 0.407 e. The van der Waals surface area contributed by atoms with E-state index in [0.29, 0.717) is 30.5 Å². The van der Waals surface area contributed by atoms with Crippen LogP contribution in [0.4, 0.5) is 9.59 Å². The van der Waals surface area contributed by atoms with Crippen LogP contribution in [0.25, 0.3) is 0 Å². The van der Waals surface area contributed by atoms with Crippen molar-refractivity contribution in [2.75, 3.05) is 13.1 Å². The van der Waals surface area contributed by atoms with Crippen LogP contribution in [0.1, 0.15) is 65.3 Å². The fraction of sp³-hybridized carbons (Fsp3) is 0.429. The van der Waals surface area contributed by atoms with Gasteiger partial charge in [0.1, 0.15) is 6.61 Å². The summed E-state index contributed by atoms with van der Waals surface area (Å²) >= 11 is 0. The van der Waals surface area contributed by atoms with E-state index in [1.807, 2.05) is 30.3 Å². The molecule has 9 heteroatoms. The van der Waals surface area contributed by atoms with Gasteiger partial charge in [-0.3, -0.25) is 14.5 Å². The number of hydrogen-bond donors (Lipinski definition) is 3. The molecule has 196 valence electrons. The number of nitrogens with zero attached hydrogens (tertiary/aromatic N) is 1. The van der Waals surface area contributed by atoms with Gasteiger partial charge in [0.05, 0.1) is 11.1 Å². The highest BCUT2D eigenvalue weighted by Crippen LogP contribution is 2.49. The minimum absolute atomic E-state index is 0.107. The number of carbonyl (C=O) groups excluding carboxylic acids is 3. The fourth-order valence-corrected chi connectivity index (χ4v) is 5.34. The molecule has 4 amide bonds. The lowest BCUT2D eigenvalue weighted by Crippen LogP contribution is -2.48. The number of carboxylic acid groups (broad SMARTS) is 1. The van der Waals surface area contributed by atoms with Crippen molar-refractivity contribution in [3.05, 3.63) is 71.3 Å². The van der Waals surface area contributed by atoms with Crippen LogP contribution in [-0.2, 0) is 11.3 Å². The largest absolute Gasteiger partial charge is 0.465 e. The van der Waals surface area contributed by atoms with Gasteiger partial charge in [-0.1, -0.05) is 48.9 Å². The Kier molecular flexibility index (Phi) is 8.11. The number of fused-ring (bicyclic) bond motifs is 1. The highest BCUT2D eigenvalue weighted by atomic mass is 16.5. The lowest BCUT2D eigenvalue weighted by Gasteiger charge is -2.46.